The normalized spacial score (nSPS) is 20.2. The zero-order chi connectivity index (χ0) is 26.1. The fraction of sp³-hybridized carbons (Fsp3) is 0.433. The second-order valence-electron chi connectivity index (χ2n) is 10.8. The molecule has 4 heterocycles. The molecule has 0 atom stereocenters. The van der Waals surface area contributed by atoms with Crippen molar-refractivity contribution in [3.8, 4) is 0 Å². The molecule has 8 nitrogen and oxygen atoms in total. The number of anilines is 1. The predicted octanol–water partition coefficient (Wildman–Crippen LogP) is 4.28. The van der Waals surface area contributed by atoms with E-state index in [9.17, 15) is 14.4 Å². The van der Waals surface area contributed by atoms with Crippen molar-refractivity contribution in [1.29, 1.82) is 0 Å². The number of aromatic nitrogens is 1. The van der Waals surface area contributed by atoms with Crippen molar-refractivity contribution >= 4 is 34.4 Å². The summed E-state index contributed by atoms with van der Waals surface area (Å²) in [6, 6.07) is 17.9. The number of hydrogen-bond donors (Lipinski definition) is 1. The molecule has 3 aliphatic heterocycles. The molecule has 198 valence electrons. The van der Waals surface area contributed by atoms with Gasteiger partial charge in [0.05, 0.1) is 11.2 Å². The van der Waals surface area contributed by atoms with Crippen LogP contribution in [0.2, 0.25) is 0 Å². The van der Waals surface area contributed by atoms with Crippen molar-refractivity contribution in [2.75, 3.05) is 44.2 Å². The van der Waals surface area contributed by atoms with Crippen LogP contribution in [0.4, 0.5) is 10.5 Å². The van der Waals surface area contributed by atoms with Gasteiger partial charge in [0, 0.05) is 68.9 Å². The van der Waals surface area contributed by atoms with Crippen LogP contribution in [0.1, 0.15) is 48.5 Å². The number of rotatable bonds is 5. The molecule has 4 amide bonds. The Kier molecular flexibility index (Phi) is 6.89. The van der Waals surface area contributed by atoms with Crippen LogP contribution in [-0.2, 0) is 4.79 Å². The van der Waals surface area contributed by atoms with Crippen LogP contribution in [0.15, 0.2) is 60.8 Å². The number of urea groups is 1. The minimum Gasteiger partial charge on any atom is -0.344 e. The number of carbonyl (C=O) groups excluding carboxylic acids is 3. The van der Waals surface area contributed by atoms with E-state index >= 15 is 0 Å². The molecule has 0 radical (unpaired) electrons. The molecule has 0 unspecified atom stereocenters. The first kappa shape index (κ1) is 24.7. The van der Waals surface area contributed by atoms with E-state index in [0.717, 1.165) is 80.6 Å². The van der Waals surface area contributed by atoms with Gasteiger partial charge in [-0.05, 0) is 61.9 Å². The molecule has 38 heavy (non-hydrogen) atoms. The van der Waals surface area contributed by atoms with Crippen LogP contribution in [0.5, 0.6) is 0 Å². The minimum absolute atomic E-state index is 0.154. The van der Waals surface area contributed by atoms with Gasteiger partial charge in [-0.1, -0.05) is 24.3 Å². The number of hydrogen-bond acceptors (Lipinski definition) is 4. The molecule has 3 aromatic rings. The van der Waals surface area contributed by atoms with Crippen molar-refractivity contribution in [2.24, 2.45) is 5.92 Å². The lowest BCUT2D eigenvalue weighted by molar-refractivity contribution is -0.120. The second-order valence-corrected chi connectivity index (χ2v) is 10.8. The van der Waals surface area contributed by atoms with E-state index in [1.54, 1.807) is 4.90 Å². The Morgan fingerprint density at radius 1 is 0.842 bits per heavy atom. The molecule has 1 aromatic heterocycles. The summed E-state index contributed by atoms with van der Waals surface area (Å²) in [6.07, 6.45) is 6.80. The molecular formula is C30H35N5O3. The number of benzene rings is 2. The van der Waals surface area contributed by atoms with Crippen molar-refractivity contribution < 1.29 is 14.4 Å². The van der Waals surface area contributed by atoms with Crippen LogP contribution in [0.25, 0.3) is 10.9 Å². The monoisotopic (exact) mass is 513 g/mol. The third kappa shape index (κ3) is 4.92. The van der Waals surface area contributed by atoms with Gasteiger partial charge in [0.25, 0.3) is 5.91 Å². The van der Waals surface area contributed by atoms with Crippen molar-refractivity contribution in [1.82, 2.24) is 19.7 Å². The summed E-state index contributed by atoms with van der Waals surface area (Å²) in [4.78, 5) is 43.1. The van der Waals surface area contributed by atoms with Gasteiger partial charge in [-0.25, -0.2) is 4.79 Å². The fourth-order valence-electron chi connectivity index (χ4n) is 6.35. The topological polar surface area (TPSA) is 77.9 Å². The van der Waals surface area contributed by atoms with Crippen molar-refractivity contribution in [3.63, 3.8) is 0 Å². The van der Waals surface area contributed by atoms with E-state index < -0.39 is 0 Å². The van der Waals surface area contributed by atoms with Crippen LogP contribution >= 0.6 is 0 Å². The highest BCUT2D eigenvalue weighted by Gasteiger charge is 2.29. The molecule has 6 rings (SSSR count). The van der Waals surface area contributed by atoms with E-state index in [1.165, 1.54) is 0 Å². The first-order chi connectivity index (χ1) is 18.6. The van der Waals surface area contributed by atoms with E-state index in [4.69, 9.17) is 0 Å². The van der Waals surface area contributed by atoms with Gasteiger partial charge in [0.1, 0.15) is 0 Å². The van der Waals surface area contributed by atoms with E-state index in [0.29, 0.717) is 24.9 Å². The lowest BCUT2D eigenvalue weighted by Crippen LogP contribution is -2.49. The van der Waals surface area contributed by atoms with E-state index in [1.807, 2.05) is 47.4 Å². The van der Waals surface area contributed by atoms with Gasteiger partial charge in [0.15, 0.2) is 0 Å². The van der Waals surface area contributed by atoms with Gasteiger partial charge in [-0.3, -0.25) is 19.8 Å². The number of likely N-dealkylation sites (tertiary alicyclic amines) is 2. The van der Waals surface area contributed by atoms with Crippen LogP contribution in [0, 0.1) is 5.92 Å². The highest BCUT2D eigenvalue weighted by atomic mass is 16.2. The van der Waals surface area contributed by atoms with E-state index in [2.05, 4.69) is 33.1 Å². The standard InChI is InChI=1S/C30H35N5O3/c36-28-14-20-35(30(38)31-28)27-8-4-7-26-25(27)13-19-34(26)24-11-15-32(16-12-24)21-22-9-17-33(18-10-22)29(37)23-5-2-1-3-6-23/h1-8,13,19,22,24H,9-12,14-18,20-21H2,(H,31,36,38). The van der Waals surface area contributed by atoms with Gasteiger partial charge in [-0.2, -0.15) is 0 Å². The zero-order valence-electron chi connectivity index (χ0n) is 21.7. The Hall–Kier alpha value is -3.65. The summed E-state index contributed by atoms with van der Waals surface area (Å²) in [7, 11) is 0. The molecule has 0 spiro atoms. The summed E-state index contributed by atoms with van der Waals surface area (Å²) >= 11 is 0. The third-order valence-corrected chi connectivity index (χ3v) is 8.47. The van der Waals surface area contributed by atoms with Gasteiger partial charge in [-0.15, -0.1) is 0 Å². The lowest BCUT2D eigenvalue weighted by Gasteiger charge is -2.38. The Bertz CT molecular complexity index is 1320. The Morgan fingerprint density at radius 2 is 1.61 bits per heavy atom. The molecule has 0 saturated carbocycles. The van der Waals surface area contributed by atoms with Crippen molar-refractivity contribution in [2.45, 2.75) is 38.1 Å². The molecular weight excluding hydrogens is 478 g/mol. The average molecular weight is 514 g/mol. The summed E-state index contributed by atoms with van der Waals surface area (Å²) in [6.45, 7) is 5.35. The Morgan fingerprint density at radius 3 is 2.34 bits per heavy atom. The smallest absolute Gasteiger partial charge is 0.328 e. The number of nitrogens with one attached hydrogen (secondary N) is 1. The van der Waals surface area contributed by atoms with Crippen LogP contribution in [-0.4, -0.2) is 71.5 Å². The average Bonchev–Trinajstić information content (AvgIpc) is 3.39. The Balaban J connectivity index is 1.04. The van der Waals surface area contributed by atoms with Crippen LogP contribution in [0.3, 0.4) is 0 Å². The number of imide groups is 1. The number of amides is 4. The first-order valence-corrected chi connectivity index (χ1v) is 13.8. The maximum absolute atomic E-state index is 12.8. The molecule has 3 saturated heterocycles. The third-order valence-electron chi connectivity index (χ3n) is 8.47. The minimum atomic E-state index is -0.343. The highest BCUT2D eigenvalue weighted by Crippen LogP contribution is 2.34. The maximum atomic E-state index is 12.8. The molecule has 3 fully saturated rings. The first-order valence-electron chi connectivity index (χ1n) is 13.8. The van der Waals surface area contributed by atoms with Gasteiger partial charge in [0.2, 0.25) is 5.91 Å². The molecule has 8 heteroatoms. The number of piperidine rings is 2. The fourth-order valence-corrected chi connectivity index (χ4v) is 6.35. The van der Waals surface area contributed by atoms with Gasteiger partial charge >= 0.3 is 6.03 Å². The molecule has 1 N–H and O–H groups in total. The van der Waals surface area contributed by atoms with Crippen LogP contribution < -0.4 is 10.2 Å². The zero-order valence-corrected chi connectivity index (χ0v) is 21.7. The largest absolute Gasteiger partial charge is 0.344 e. The molecule has 3 aliphatic rings. The number of carbonyl (C=O) groups is 3. The highest BCUT2D eigenvalue weighted by molar-refractivity contribution is 6.09. The van der Waals surface area contributed by atoms with Gasteiger partial charge < -0.3 is 14.4 Å². The predicted molar refractivity (Wildman–Crippen MR) is 147 cm³/mol. The maximum Gasteiger partial charge on any atom is 0.328 e. The summed E-state index contributed by atoms with van der Waals surface area (Å²) in [5, 5.41) is 3.48. The summed E-state index contributed by atoms with van der Waals surface area (Å²) in [5.41, 5.74) is 2.79. The summed E-state index contributed by atoms with van der Waals surface area (Å²) in [5.74, 6) is 0.583. The quantitative estimate of drug-likeness (QED) is 0.553. The van der Waals surface area contributed by atoms with E-state index in [-0.39, 0.29) is 17.8 Å². The molecule has 0 aliphatic carbocycles. The number of fused-ring (bicyclic) bond motifs is 1. The van der Waals surface area contributed by atoms with Crippen molar-refractivity contribution in [3.05, 3.63) is 66.4 Å². The SMILES string of the molecule is O=C1CCN(c2cccc3c2ccn3C2CCN(CC3CCN(C(=O)c4ccccc4)CC3)CC2)C(=O)N1. The molecule has 0 bridgehead atoms. The number of nitrogens with zero attached hydrogens (tertiary/aromatic N) is 4. The summed E-state index contributed by atoms with van der Waals surface area (Å²) < 4.78 is 2.37. The molecule has 2 aromatic carbocycles. The lowest BCUT2D eigenvalue weighted by atomic mass is 9.94. The Labute approximate surface area is 223 Å². The second kappa shape index (κ2) is 10.6.